The van der Waals surface area contributed by atoms with Gasteiger partial charge in [0.15, 0.2) is 31.5 Å². The molecule has 5 rings (SSSR count). The molecule has 21 atom stereocenters. The second kappa shape index (κ2) is 15.6. The number of aliphatic hydroxyl groups is 12. The maximum absolute atomic E-state index is 11.4. The lowest BCUT2D eigenvalue weighted by atomic mass is 9.97. The second-order valence-electron chi connectivity index (χ2n) is 12.1. The van der Waals surface area contributed by atoms with E-state index in [4.69, 9.17) is 42.6 Å². The van der Waals surface area contributed by atoms with Crippen molar-refractivity contribution < 1.29 is 104 Å². The highest BCUT2D eigenvalue weighted by molar-refractivity contribution is 4.96. The average molecular weight is 693 g/mol. The van der Waals surface area contributed by atoms with Gasteiger partial charge in [0.1, 0.15) is 91.6 Å². The summed E-state index contributed by atoms with van der Waals surface area (Å²) in [5, 5.41) is 124. The molecule has 0 radical (unpaired) electrons. The summed E-state index contributed by atoms with van der Waals surface area (Å²) in [6.45, 7) is -0.374. The summed E-state index contributed by atoms with van der Waals surface area (Å²) in [6.07, 6.45) is -33.8. The van der Waals surface area contributed by atoms with Crippen molar-refractivity contribution in [2.75, 3.05) is 26.4 Å². The van der Waals surface area contributed by atoms with E-state index in [1.165, 1.54) is 6.92 Å². The van der Waals surface area contributed by atoms with Crippen LogP contribution in [0.4, 0.5) is 0 Å². The summed E-state index contributed by atoms with van der Waals surface area (Å²) in [6, 6.07) is 0. The molecule has 0 aromatic heterocycles. The fourth-order valence-corrected chi connectivity index (χ4v) is 5.85. The van der Waals surface area contributed by atoms with Crippen molar-refractivity contribution in [3.8, 4) is 0 Å². The summed E-state index contributed by atoms with van der Waals surface area (Å²) in [7, 11) is 0. The molecule has 0 bridgehead atoms. The number of hydrogen-bond acceptors (Lipinski definition) is 21. The van der Waals surface area contributed by atoms with E-state index in [0.717, 1.165) is 0 Å². The number of aliphatic hydroxyl groups excluding tert-OH is 12. The molecular weight excluding hydrogens is 648 g/mol. The first kappa shape index (κ1) is 37.4. The van der Waals surface area contributed by atoms with Gasteiger partial charge >= 0.3 is 0 Å². The Morgan fingerprint density at radius 1 is 0.383 bits per heavy atom. The molecule has 47 heavy (non-hydrogen) atoms. The second-order valence-corrected chi connectivity index (χ2v) is 12.1. The van der Waals surface area contributed by atoms with Gasteiger partial charge in [0.05, 0.1) is 32.5 Å². The van der Waals surface area contributed by atoms with E-state index in [-0.39, 0.29) is 0 Å². The fourth-order valence-electron chi connectivity index (χ4n) is 5.85. The van der Waals surface area contributed by atoms with Crippen LogP contribution in [0.1, 0.15) is 6.92 Å². The van der Waals surface area contributed by atoms with Crippen LogP contribution in [0.3, 0.4) is 0 Å². The molecule has 0 aromatic carbocycles. The molecule has 0 saturated carbocycles. The highest BCUT2D eigenvalue weighted by Gasteiger charge is 2.54. The Morgan fingerprint density at radius 2 is 0.787 bits per heavy atom. The van der Waals surface area contributed by atoms with Gasteiger partial charge in [-0.2, -0.15) is 0 Å². The zero-order valence-electron chi connectivity index (χ0n) is 25.0. The molecule has 5 fully saturated rings. The van der Waals surface area contributed by atoms with Gasteiger partial charge in [-0.15, -0.1) is 0 Å². The summed E-state index contributed by atoms with van der Waals surface area (Å²) in [4.78, 5) is 0. The zero-order valence-corrected chi connectivity index (χ0v) is 25.0. The van der Waals surface area contributed by atoms with Crippen molar-refractivity contribution in [1.82, 2.24) is 0 Å². The smallest absolute Gasteiger partial charge is 0.187 e. The molecule has 21 heteroatoms. The van der Waals surface area contributed by atoms with Gasteiger partial charge in [-0.25, -0.2) is 0 Å². The molecule has 5 aliphatic heterocycles. The lowest BCUT2D eigenvalue weighted by molar-refractivity contribution is -0.391. The minimum absolute atomic E-state index is 0.406. The van der Waals surface area contributed by atoms with Crippen LogP contribution in [0.15, 0.2) is 0 Å². The summed E-state index contributed by atoms with van der Waals surface area (Å²) < 4.78 is 49.7. The van der Waals surface area contributed by atoms with Gasteiger partial charge in [-0.05, 0) is 6.92 Å². The van der Waals surface area contributed by atoms with Gasteiger partial charge in [0.25, 0.3) is 0 Å². The third-order valence-electron chi connectivity index (χ3n) is 8.70. The van der Waals surface area contributed by atoms with Gasteiger partial charge in [-0.3, -0.25) is 0 Å². The maximum atomic E-state index is 11.4. The third kappa shape index (κ3) is 7.90. The summed E-state index contributed by atoms with van der Waals surface area (Å²) in [5.74, 6) is 0. The Hall–Kier alpha value is -0.840. The van der Waals surface area contributed by atoms with E-state index in [2.05, 4.69) is 0 Å². The largest absolute Gasteiger partial charge is 0.388 e. The Morgan fingerprint density at radius 3 is 1.36 bits per heavy atom. The predicted molar refractivity (Wildman–Crippen MR) is 141 cm³/mol. The van der Waals surface area contributed by atoms with Gasteiger partial charge in [0.2, 0.25) is 0 Å². The van der Waals surface area contributed by atoms with E-state index >= 15 is 0 Å². The van der Waals surface area contributed by atoms with Crippen LogP contribution in [0.2, 0.25) is 0 Å². The topological polar surface area (TPSA) is 326 Å². The molecular formula is C26H44O21. The summed E-state index contributed by atoms with van der Waals surface area (Å²) in [5.41, 5.74) is 0. The Bertz CT molecular complexity index is 996. The molecule has 12 N–H and O–H groups in total. The molecule has 274 valence electrons. The number of rotatable bonds is 8. The zero-order chi connectivity index (χ0) is 34.3. The van der Waals surface area contributed by atoms with Crippen molar-refractivity contribution in [2.45, 2.75) is 136 Å². The molecule has 0 amide bonds. The first-order valence-corrected chi connectivity index (χ1v) is 15.1. The molecule has 0 aromatic rings. The monoisotopic (exact) mass is 692 g/mol. The molecule has 21 nitrogen and oxygen atoms in total. The van der Waals surface area contributed by atoms with Crippen LogP contribution in [0.25, 0.3) is 0 Å². The molecule has 5 aliphatic rings. The Labute approximate surface area is 266 Å². The van der Waals surface area contributed by atoms with Crippen LogP contribution >= 0.6 is 0 Å². The molecule has 0 unspecified atom stereocenters. The van der Waals surface area contributed by atoms with Crippen LogP contribution in [-0.2, 0) is 42.6 Å². The SMILES string of the molecule is C[C@@H]1O[C@@H](O[C@@H]2[C@@H](O)[C@H](O)CO[C@H]2O)[C@H](O)[C@H](O[C@@H]2OC[C@@H](O)[C@H](O)[C@H]2O)[C@H]1O[C@@H]1OC[C@@H](O)[C@H](O[C@@H]2OC[C@@H](O)[C@H](O)[C@H]2O)[C@H]1O. The van der Waals surface area contributed by atoms with E-state index in [1.54, 1.807) is 0 Å². The van der Waals surface area contributed by atoms with Gasteiger partial charge in [0, 0.05) is 0 Å². The van der Waals surface area contributed by atoms with E-state index in [0.29, 0.717) is 0 Å². The van der Waals surface area contributed by atoms with Gasteiger partial charge in [-0.1, -0.05) is 0 Å². The minimum Gasteiger partial charge on any atom is -0.388 e. The lowest BCUT2D eigenvalue weighted by Crippen LogP contribution is -2.66. The molecule has 5 heterocycles. The van der Waals surface area contributed by atoms with E-state index in [1.807, 2.05) is 0 Å². The average Bonchev–Trinajstić information content (AvgIpc) is 3.04. The van der Waals surface area contributed by atoms with Crippen molar-refractivity contribution >= 4 is 0 Å². The molecule has 0 spiro atoms. The van der Waals surface area contributed by atoms with Crippen LogP contribution in [0.5, 0.6) is 0 Å². The van der Waals surface area contributed by atoms with Crippen molar-refractivity contribution in [3.63, 3.8) is 0 Å². The highest BCUT2D eigenvalue weighted by atomic mass is 16.8. The fraction of sp³-hybridized carbons (Fsp3) is 1.00. The number of ether oxygens (including phenoxy) is 9. The highest BCUT2D eigenvalue weighted by Crippen LogP contribution is 2.34. The normalized spacial score (nSPS) is 54.7. The quantitative estimate of drug-likeness (QED) is 0.112. The molecule has 5 saturated heterocycles. The van der Waals surface area contributed by atoms with Crippen molar-refractivity contribution in [2.24, 2.45) is 0 Å². The maximum Gasteiger partial charge on any atom is 0.187 e. The van der Waals surface area contributed by atoms with Crippen LogP contribution in [0, 0.1) is 0 Å². The summed E-state index contributed by atoms with van der Waals surface area (Å²) >= 11 is 0. The molecule has 0 aliphatic carbocycles. The standard InChI is InChI=1S/C26H44O21/c1-6-18(44-25-16(36)19(10(30)5-42-25)45-23-14(34)11(31)7(27)3-40-23)20(46-24-15(35)12(32)8(28)4-41-24)17(37)26(43-6)47-21-13(33)9(29)2-39-22(21)38/h6-38H,2-5H2,1H3/t6-,7+,8+,9+,10+,11-,12-,13-,14+,15+,16+,17+,18-,19-,20-,21+,22+,23-,24-,25-,26-/m0/s1. The Kier molecular flexibility index (Phi) is 12.4. The van der Waals surface area contributed by atoms with Crippen LogP contribution in [-0.4, -0.2) is 217 Å². The minimum atomic E-state index is -1.90. The lowest BCUT2D eigenvalue weighted by Gasteiger charge is -2.49. The Balaban J connectivity index is 1.34. The number of hydrogen-bond donors (Lipinski definition) is 12. The third-order valence-corrected chi connectivity index (χ3v) is 8.70. The van der Waals surface area contributed by atoms with E-state index in [9.17, 15) is 61.3 Å². The van der Waals surface area contributed by atoms with E-state index < -0.39 is 156 Å². The predicted octanol–water partition coefficient (Wildman–Crippen LogP) is -8.34. The van der Waals surface area contributed by atoms with Crippen LogP contribution < -0.4 is 0 Å². The first-order chi connectivity index (χ1) is 22.2. The van der Waals surface area contributed by atoms with Crippen molar-refractivity contribution in [1.29, 1.82) is 0 Å². The van der Waals surface area contributed by atoms with Crippen molar-refractivity contribution in [3.05, 3.63) is 0 Å². The van der Waals surface area contributed by atoms with Gasteiger partial charge < -0.3 is 104 Å². The first-order valence-electron chi connectivity index (χ1n) is 15.1.